The molecule has 0 aliphatic heterocycles. The van der Waals surface area contributed by atoms with Crippen LogP contribution in [0.25, 0.3) is 0 Å². The first-order valence-corrected chi connectivity index (χ1v) is 7.15. The van der Waals surface area contributed by atoms with Crippen LogP contribution in [0.3, 0.4) is 0 Å². The molecule has 0 aromatic heterocycles. The minimum absolute atomic E-state index is 0.0194. The van der Waals surface area contributed by atoms with Crippen molar-refractivity contribution in [1.82, 2.24) is 0 Å². The Morgan fingerprint density at radius 1 is 1.18 bits per heavy atom. The summed E-state index contributed by atoms with van der Waals surface area (Å²) >= 11 is 0. The van der Waals surface area contributed by atoms with E-state index in [0.717, 1.165) is 0 Å². The van der Waals surface area contributed by atoms with Crippen molar-refractivity contribution >= 4 is 17.7 Å². The number of hydrogen-bond acceptors (Lipinski definition) is 6. The Bertz CT molecular complexity index is 588. The maximum atomic E-state index is 12.5. The molecule has 0 heterocycles. The number of carbonyl (C=O) groups is 3. The van der Waals surface area contributed by atoms with Gasteiger partial charge >= 0.3 is 11.9 Å². The number of esters is 2. The second-order valence-corrected chi connectivity index (χ2v) is 4.99. The number of Topliss-reactive ketones (excluding diaryl/α,β-unsaturated/α-hetero) is 1. The standard InChI is InChI=1S/C16H18O6/c1-3-21-14(18)16(20,15(19)22-4-2)12-9-10-7-5-6-8-11(10)13(12)17/h5-8,12,20H,3-4,9H2,1-2H3. The van der Waals surface area contributed by atoms with Crippen LogP contribution in [-0.4, -0.2) is 41.6 Å². The molecule has 1 atom stereocenters. The molecule has 0 amide bonds. The van der Waals surface area contributed by atoms with Crippen LogP contribution in [0.5, 0.6) is 0 Å². The fourth-order valence-corrected chi connectivity index (χ4v) is 2.63. The molecule has 6 heteroatoms. The van der Waals surface area contributed by atoms with Crippen molar-refractivity contribution in [2.75, 3.05) is 13.2 Å². The fourth-order valence-electron chi connectivity index (χ4n) is 2.63. The molecule has 1 aromatic carbocycles. The van der Waals surface area contributed by atoms with E-state index in [2.05, 4.69) is 0 Å². The number of benzene rings is 1. The Kier molecular flexibility index (Phi) is 4.61. The van der Waals surface area contributed by atoms with Crippen molar-refractivity contribution < 1.29 is 29.0 Å². The number of ether oxygens (including phenoxy) is 2. The molecular weight excluding hydrogens is 288 g/mol. The largest absolute Gasteiger partial charge is 0.463 e. The van der Waals surface area contributed by atoms with Gasteiger partial charge in [-0.1, -0.05) is 24.3 Å². The molecule has 118 valence electrons. The second-order valence-electron chi connectivity index (χ2n) is 4.99. The van der Waals surface area contributed by atoms with Crippen LogP contribution in [0, 0.1) is 5.92 Å². The first-order valence-electron chi connectivity index (χ1n) is 7.15. The van der Waals surface area contributed by atoms with Crippen LogP contribution in [0.1, 0.15) is 29.8 Å². The summed E-state index contributed by atoms with van der Waals surface area (Å²) in [5.41, 5.74) is -1.54. The highest BCUT2D eigenvalue weighted by molar-refractivity contribution is 6.13. The van der Waals surface area contributed by atoms with Gasteiger partial charge in [-0.25, -0.2) is 9.59 Å². The lowest BCUT2D eigenvalue weighted by Crippen LogP contribution is -2.56. The molecule has 6 nitrogen and oxygen atoms in total. The lowest BCUT2D eigenvalue weighted by molar-refractivity contribution is -0.187. The van der Waals surface area contributed by atoms with Crippen molar-refractivity contribution in [2.45, 2.75) is 25.9 Å². The van der Waals surface area contributed by atoms with E-state index >= 15 is 0 Å². The Balaban J connectivity index is 2.41. The zero-order chi connectivity index (χ0) is 16.3. The summed E-state index contributed by atoms with van der Waals surface area (Å²) in [6, 6.07) is 6.77. The van der Waals surface area contributed by atoms with Gasteiger partial charge in [0.15, 0.2) is 5.78 Å². The summed E-state index contributed by atoms with van der Waals surface area (Å²) in [6.07, 6.45) is 0.0864. The maximum absolute atomic E-state index is 12.5. The average molecular weight is 306 g/mol. The summed E-state index contributed by atoms with van der Waals surface area (Å²) in [5.74, 6) is -4.00. The molecule has 0 spiro atoms. The second kappa shape index (κ2) is 6.27. The molecule has 0 saturated heterocycles. The predicted octanol–water partition coefficient (Wildman–Crippen LogP) is 0.899. The Hall–Kier alpha value is -2.21. The molecule has 22 heavy (non-hydrogen) atoms. The summed E-state index contributed by atoms with van der Waals surface area (Å²) in [4.78, 5) is 36.8. The molecule has 1 N–H and O–H groups in total. The minimum Gasteiger partial charge on any atom is -0.463 e. The Morgan fingerprint density at radius 3 is 2.23 bits per heavy atom. The molecule has 1 aromatic rings. The van der Waals surface area contributed by atoms with E-state index in [1.165, 1.54) is 0 Å². The van der Waals surface area contributed by atoms with Crippen molar-refractivity contribution in [1.29, 1.82) is 0 Å². The molecule has 1 aliphatic rings. The zero-order valence-electron chi connectivity index (χ0n) is 12.5. The average Bonchev–Trinajstić information content (AvgIpc) is 2.85. The third-order valence-corrected chi connectivity index (χ3v) is 3.70. The third kappa shape index (κ3) is 2.50. The van der Waals surface area contributed by atoms with Gasteiger partial charge in [-0.15, -0.1) is 0 Å². The maximum Gasteiger partial charge on any atom is 0.350 e. The van der Waals surface area contributed by atoms with Crippen molar-refractivity contribution in [3.05, 3.63) is 35.4 Å². The van der Waals surface area contributed by atoms with Gasteiger partial charge in [0.05, 0.1) is 19.1 Å². The topological polar surface area (TPSA) is 89.9 Å². The molecule has 1 unspecified atom stereocenters. The van der Waals surface area contributed by atoms with Gasteiger partial charge in [-0.2, -0.15) is 0 Å². The number of ketones is 1. The third-order valence-electron chi connectivity index (χ3n) is 3.70. The molecule has 0 fully saturated rings. The summed E-state index contributed by atoms with van der Waals surface area (Å²) in [6.45, 7) is 3.06. The van der Waals surface area contributed by atoms with Crippen molar-refractivity contribution in [3.63, 3.8) is 0 Å². The van der Waals surface area contributed by atoms with E-state index in [1.54, 1.807) is 38.1 Å². The number of fused-ring (bicyclic) bond motifs is 1. The van der Waals surface area contributed by atoms with Crippen LogP contribution < -0.4 is 0 Å². The molecule has 0 bridgehead atoms. The SMILES string of the molecule is CCOC(=O)C(O)(C(=O)OCC)C1Cc2ccccc2C1=O. The first kappa shape index (κ1) is 16.2. The quantitative estimate of drug-likeness (QED) is 0.642. The van der Waals surface area contributed by atoms with Gasteiger partial charge in [0.25, 0.3) is 5.60 Å². The van der Waals surface area contributed by atoms with Gasteiger partial charge in [0, 0.05) is 5.56 Å². The molecule has 2 rings (SSSR count). The van der Waals surface area contributed by atoms with Crippen molar-refractivity contribution in [3.8, 4) is 0 Å². The van der Waals surface area contributed by atoms with E-state index in [4.69, 9.17) is 9.47 Å². The van der Waals surface area contributed by atoms with Crippen LogP contribution in [0.2, 0.25) is 0 Å². The van der Waals surface area contributed by atoms with Gasteiger partial charge in [-0.3, -0.25) is 4.79 Å². The van der Waals surface area contributed by atoms with E-state index in [1.807, 2.05) is 0 Å². The summed E-state index contributed by atoms with van der Waals surface area (Å²) < 4.78 is 9.58. The summed E-state index contributed by atoms with van der Waals surface area (Å²) in [5, 5.41) is 10.7. The Morgan fingerprint density at radius 2 is 1.73 bits per heavy atom. The van der Waals surface area contributed by atoms with Gasteiger partial charge in [0.2, 0.25) is 0 Å². The van der Waals surface area contributed by atoms with Crippen LogP contribution in [-0.2, 0) is 25.5 Å². The van der Waals surface area contributed by atoms with Gasteiger partial charge in [-0.05, 0) is 25.8 Å². The smallest absolute Gasteiger partial charge is 0.350 e. The highest BCUT2D eigenvalue weighted by Crippen LogP contribution is 2.35. The number of aliphatic hydroxyl groups is 1. The van der Waals surface area contributed by atoms with E-state index in [-0.39, 0.29) is 19.6 Å². The van der Waals surface area contributed by atoms with Crippen LogP contribution in [0.15, 0.2) is 24.3 Å². The number of rotatable bonds is 5. The lowest BCUT2D eigenvalue weighted by atomic mass is 9.84. The predicted molar refractivity (Wildman–Crippen MR) is 76.2 cm³/mol. The van der Waals surface area contributed by atoms with E-state index in [9.17, 15) is 19.5 Å². The van der Waals surface area contributed by atoms with Crippen LogP contribution >= 0.6 is 0 Å². The van der Waals surface area contributed by atoms with Crippen molar-refractivity contribution in [2.24, 2.45) is 5.92 Å². The lowest BCUT2D eigenvalue weighted by Gasteiger charge is -2.28. The van der Waals surface area contributed by atoms with Crippen LogP contribution in [0.4, 0.5) is 0 Å². The highest BCUT2D eigenvalue weighted by atomic mass is 16.6. The minimum atomic E-state index is -2.62. The number of carbonyl (C=O) groups excluding carboxylic acids is 3. The van der Waals surface area contributed by atoms with Gasteiger partial charge in [0.1, 0.15) is 0 Å². The number of hydrogen-bond donors (Lipinski definition) is 1. The summed E-state index contributed by atoms with van der Waals surface area (Å²) in [7, 11) is 0. The van der Waals surface area contributed by atoms with Gasteiger partial charge < -0.3 is 14.6 Å². The Labute approximate surface area is 128 Å². The molecule has 1 aliphatic carbocycles. The normalized spacial score (nSPS) is 17.0. The molecule has 0 saturated carbocycles. The molecule has 0 radical (unpaired) electrons. The molecular formula is C16H18O6. The highest BCUT2D eigenvalue weighted by Gasteiger charge is 2.58. The van der Waals surface area contributed by atoms with E-state index in [0.29, 0.717) is 11.1 Å². The first-order chi connectivity index (χ1) is 10.5. The zero-order valence-corrected chi connectivity index (χ0v) is 12.5. The monoisotopic (exact) mass is 306 g/mol. The fraction of sp³-hybridized carbons (Fsp3) is 0.438. The van der Waals surface area contributed by atoms with E-state index < -0.39 is 29.2 Å².